The third-order valence-corrected chi connectivity index (χ3v) is 6.11. The summed E-state index contributed by atoms with van der Waals surface area (Å²) in [6.45, 7) is 3.12. The fourth-order valence-corrected chi connectivity index (χ4v) is 4.39. The third-order valence-electron chi connectivity index (χ3n) is 4.59. The van der Waals surface area contributed by atoms with Crippen molar-refractivity contribution in [2.45, 2.75) is 37.1 Å². The van der Waals surface area contributed by atoms with Crippen molar-refractivity contribution in [2.75, 3.05) is 13.1 Å². The summed E-state index contributed by atoms with van der Waals surface area (Å²) in [5, 5.41) is 0. The molecule has 1 amide bonds. The molecule has 2 fully saturated rings. The van der Waals surface area contributed by atoms with Gasteiger partial charge in [-0.2, -0.15) is 0 Å². The molecule has 0 bridgehead atoms. The molecule has 1 N–H and O–H groups in total. The highest BCUT2D eigenvalue weighted by atomic mass is 32.2. The number of piperidine rings is 1. The van der Waals surface area contributed by atoms with E-state index in [0.29, 0.717) is 25.4 Å². The van der Waals surface area contributed by atoms with Gasteiger partial charge in [0, 0.05) is 25.0 Å². The maximum absolute atomic E-state index is 13.2. The van der Waals surface area contributed by atoms with E-state index in [4.69, 9.17) is 0 Å². The van der Waals surface area contributed by atoms with E-state index < -0.39 is 15.8 Å². The van der Waals surface area contributed by atoms with E-state index in [9.17, 15) is 17.6 Å². The molecule has 1 aromatic rings. The number of nitrogens with one attached hydrogen (secondary N) is 1. The molecule has 1 heterocycles. The number of hydrogen-bond donors (Lipinski definition) is 1. The molecule has 3 atom stereocenters. The minimum absolute atomic E-state index is 0.0863. The molecule has 0 radical (unpaired) electrons. The monoisotopic (exact) mass is 340 g/mol. The number of nitrogens with zero attached hydrogens (tertiary/aromatic N) is 1. The summed E-state index contributed by atoms with van der Waals surface area (Å²) in [6, 6.07) is 4.62. The van der Waals surface area contributed by atoms with E-state index in [-0.39, 0.29) is 22.8 Å². The first-order chi connectivity index (χ1) is 10.9. The van der Waals surface area contributed by atoms with E-state index in [1.54, 1.807) is 4.90 Å². The van der Waals surface area contributed by atoms with Gasteiger partial charge in [-0.3, -0.25) is 4.79 Å². The van der Waals surface area contributed by atoms with Crippen LogP contribution >= 0.6 is 0 Å². The normalized spacial score (nSPS) is 27.7. The highest BCUT2D eigenvalue weighted by Crippen LogP contribution is 2.39. The Labute approximate surface area is 135 Å². The van der Waals surface area contributed by atoms with Crippen molar-refractivity contribution in [3.8, 4) is 0 Å². The lowest BCUT2D eigenvalue weighted by Gasteiger charge is -2.33. The standard InChI is InChI=1S/C16H21FN2O3S/c1-11-8-15(11)16(20)19-7-3-5-13(10-19)18-23(21,22)14-6-2-4-12(17)9-14/h2,4,6,9,11,13,15,18H,3,5,7-8,10H2,1H3. The van der Waals surface area contributed by atoms with Gasteiger partial charge in [-0.25, -0.2) is 17.5 Å². The fourth-order valence-electron chi connectivity index (χ4n) is 3.10. The van der Waals surface area contributed by atoms with Gasteiger partial charge in [0.15, 0.2) is 0 Å². The quantitative estimate of drug-likeness (QED) is 0.908. The van der Waals surface area contributed by atoms with Gasteiger partial charge < -0.3 is 4.90 Å². The molecule has 126 valence electrons. The second kappa shape index (κ2) is 6.20. The summed E-state index contributed by atoms with van der Waals surface area (Å²) >= 11 is 0. The van der Waals surface area contributed by atoms with E-state index in [2.05, 4.69) is 11.6 Å². The second-order valence-corrected chi connectivity index (χ2v) is 8.24. The van der Waals surface area contributed by atoms with Crippen molar-refractivity contribution in [1.29, 1.82) is 0 Å². The molecule has 3 rings (SSSR count). The first kappa shape index (κ1) is 16.4. The van der Waals surface area contributed by atoms with Crippen molar-refractivity contribution in [3.63, 3.8) is 0 Å². The molecule has 23 heavy (non-hydrogen) atoms. The molecule has 2 aliphatic rings. The van der Waals surface area contributed by atoms with Gasteiger partial charge in [-0.1, -0.05) is 13.0 Å². The van der Waals surface area contributed by atoms with E-state index >= 15 is 0 Å². The number of benzene rings is 1. The molecule has 0 aromatic heterocycles. The number of amides is 1. The number of carbonyl (C=O) groups is 1. The van der Waals surface area contributed by atoms with Crippen LogP contribution in [-0.2, 0) is 14.8 Å². The Morgan fingerprint density at radius 2 is 2.13 bits per heavy atom. The molecule has 1 saturated heterocycles. The van der Waals surface area contributed by atoms with Gasteiger partial charge in [0.05, 0.1) is 4.90 Å². The topological polar surface area (TPSA) is 66.5 Å². The van der Waals surface area contributed by atoms with Gasteiger partial charge in [0.1, 0.15) is 5.82 Å². The van der Waals surface area contributed by atoms with Crippen LogP contribution in [0.5, 0.6) is 0 Å². The summed E-state index contributed by atoms with van der Waals surface area (Å²) in [5.74, 6) is 0.0867. The van der Waals surface area contributed by atoms with Crippen LogP contribution in [0.1, 0.15) is 26.2 Å². The third kappa shape index (κ3) is 3.72. The molecule has 7 heteroatoms. The van der Waals surface area contributed by atoms with Gasteiger partial charge >= 0.3 is 0 Å². The zero-order chi connectivity index (χ0) is 16.6. The number of sulfonamides is 1. The van der Waals surface area contributed by atoms with E-state index in [0.717, 1.165) is 18.9 Å². The smallest absolute Gasteiger partial charge is 0.240 e. The van der Waals surface area contributed by atoms with Gasteiger partial charge in [0.25, 0.3) is 0 Å². The number of likely N-dealkylation sites (tertiary alicyclic amines) is 1. The number of carbonyl (C=O) groups excluding carboxylic acids is 1. The molecular formula is C16H21FN2O3S. The van der Waals surface area contributed by atoms with Crippen molar-refractivity contribution in [1.82, 2.24) is 9.62 Å². The van der Waals surface area contributed by atoms with Crippen molar-refractivity contribution in [3.05, 3.63) is 30.1 Å². The Balaban J connectivity index is 1.66. The molecule has 1 aliphatic carbocycles. The Morgan fingerprint density at radius 3 is 2.78 bits per heavy atom. The van der Waals surface area contributed by atoms with Crippen molar-refractivity contribution in [2.24, 2.45) is 11.8 Å². The lowest BCUT2D eigenvalue weighted by Crippen LogP contribution is -2.50. The summed E-state index contributed by atoms with van der Waals surface area (Å²) in [7, 11) is -3.77. The lowest BCUT2D eigenvalue weighted by molar-refractivity contribution is -0.134. The molecule has 1 aliphatic heterocycles. The first-order valence-electron chi connectivity index (χ1n) is 7.93. The van der Waals surface area contributed by atoms with Gasteiger partial charge in [0.2, 0.25) is 15.9 Å². The predicted octanol–water partition coefficient (Wildman–Crippen LogP) is 1.75. The van der Waals surface area contributed by atoms with Crippen molar-refractivity contribution < 1.29 is 17.6 Å². The fraction of sp³-hybridized carbons (Fsp3) is 0.562. The number of halogens is 1. The van der Waals surface area contributed by atoms with Crippen LogP contribution in [-0.4, -0.2) is 38.4 Å². The highest BCUT2D eigenvalue weighted by Gasteiger charge is 2.42. The minimum Gasteiger partial charge on any atom is -0.341 e. The maximum atomic E-state index is 13.2. The highest BCUT2D eigenvalue weighted by molar-refractivity contribution is 7.89. The van der Waals surface area contributed by atoms with Crippen LogP contribution in [0, 0.1) is 17.7 Å². The summed E-state index contributed by atoms with van der Waals surface area (Å²) in [5.41, 5.74) is 0. The summed E-state index contributed by atoms with van der Waals surface area (Å²) in [6.07, 6.45) is 2.37. The van der Waals surface area contributed by atoms with Crippen molar-refractivity contribution >= 4 is 15.9 Å². The lowest BCUT2D eigenvalue weighted by atomic mass is 10.1. The second-order valence-electron chi connectivity index (χ2n) is 6.52. The molecule has 3 unspecified atom stereocenters. The molecule has 1 saturated carbocycles. The Kier molecular flexibility index (Phi) is 4.42. The van der Waals surface area contributed by atoms with E-state index in [1.807, 2.05) is 0 Å². The Hall–Kier alpha value is -1.47. The largest absolute Gasteiger partial charge is 0.341 e. The summed E-state index contributed by atoms with van der Waals surface area (Å²) in [4.78, 5) is 14.0. The van der Waals surface area contributed by atoms with Crippen LogP contribution in [0.2, 0.25) is 0 Å². The van der Waals surface area contributed by atoms with Crippen LogP contribution in [0.3, 0.4) is 0 Å². The molecule has 1 aromatic carbocycles. The van der Waals surface area contributed by atoms with E-state index in [1.165, 1.54) is 18.2 Å². The maximum Gasteiger partial charge on any atom is 0.240 e. The SMILES string of the molecule is CC1CC1C(=O)N1CCCC(NS(=O)(=O)c2cccc(F)c2)C1. The zero-order valence-corrected chi connectivity index (χ0v) is 13.9. The molecular weight excluding hydrogens is 319 g/mol. The Bertz CT molecular complexity index is 707. The minimum atomic E-state index is -3.77. The van der Waals surface area contributed by atoms with Crippen LogP contribution in [0.4, 0.5) is 4.39 Å². The average Bonchev–Trinajstić information content (AvgIpc) is 3.23. The number of hydrogen-bond acceptors (Lipinski definition) is 3. The Morgan fingerprint density at radius 1 is 1.39 bits per heavy atom. The summed E-state index contributed by atoms with van der Waals surface area (Å²) < 4.78 is 40.5. The van der Waals surface area contributed by atoms with Gasteiger partial charge in [-0.15, -0.1) is 0 Å². The van der Waals surface area contributed by atoms with Gasteiger partial charge in [-0.05, 0) is 43.4 Å². The number of rotatable bonds is 4. The van der Waals surface area contributed by atoms with Crippen LogP contribution in [0.15, 0.2) is 29.2 Å². The van der Waals surface area contributed by atoms with Crippen LogP contribution < -0.4 is 4.72 Å². The molecule has 5 nitrogen and oxygen atoms in total. The zero-order valence-electron chi connectivity index (χ0n) is 13.0. The predicted molar refractivity (Wildman–Crippen MR) is 83.6 cm³/mol. The average molecular weight is 340 g/mol. The first-order valence-corrected chi connectivity index (χ1v) is 9.42. The van der Waals surface area contributed by atoms with Crippen LogP contribution in [0.25, 0.3) is 0 Å². The molecule has 0 spiro atoms.